The summed E-state index contributed by atoms with van der Waals surface area (Å²) in [7, 11) is -3.96. The van der Waals surface area contributed by atoms with Crippen molar-refractivity contribution in [3.05, 3.63) is 36.0 Å². The van der Waals surface area contributed by atoms with Gasteiger partial charge in [-0.25, -0.2) is 18.5 Å². The van der Waals surface area contributed by atoms with E-state index in [9.17, 15) is 35.5 Å². The predicted molar refractivity (Wildman–Crippen MR) is 98.9 cm³/mol. The summed E-state index contributed by atoms with van der Waals surface area (Å²) in [5.74, 6) is -6.81. The lowest BCUT2D eigenvalue weighted by Crippen LogP contribution is -2.42. The monoisotopic (exact) mass is 484 g/mol. The highest BCUT2D eigenvalue weighted by Crippen LogP contribution is 2.47. The van der Waals surface area contributed by atoms with Gasteiger partial charge in [0.2, 0.25) is 21.9 Å². The second kappa shape index (κ2) is 8.73. The van der Waals surface area contributed by atoms with Gasteiger partial charge in [-0.2, -0.15) is 26.9 Å². The molecule has 0 amide bonds. The zero-order valence-corrected chi connectivity index (χ0v) is 16.8. The molecule has 2 unspecified atom stereocenters. The van der Waals surface area contributed by atoms with Crippen LogP contribution in [0.15, 0.2) is 35.4 Å². The first-order valence-electron chi connectivity index (χ1n) is 8.93. The minimum atomic E-state index is -5.94. The lowest BCUT2D eigenvalue weighted by atomic mass is 10.1. The summed E-state index contributed by atoms with van der Waals surface area (Å²) in [5, 5.41) is 17.4. The summed E-state index contributed by atoms with van der Waals surface area (Å²) < 4.78 is 99.7. The Hall–Kier alpha value is -2.62. The third-order valence-electron chi connectivity index (χ3n) is 4.41. The molecule has 9 nitrogen and oxygen atoms in total. The number of nitrogens with one attached hydrogen (secondary N) is 1. The van der Waals surface area contributed by atoms with Crippen LogP contribution in [0.3, 0.4) is 0 Å². The van der Waals surface area contributed by atoms with E-state index in [1.807, 2.05) is 0 Å². The number of anilines is 2. The highest BCUT2D eigenvalue weighted by molar-refractivity contribution is 7.89. The van der Waals surface area contributed by atoms with Gasteiger partial charge in [0, 0.05) is 18.3 Å². The number of ether oxygens (including phenoxy) is 2. The molecular weight excluding hydrogens is 467 g/mol. The van der Waals surface area contributed by atoms with Gasteiger partial charge in [0.15, 0.2) is 0 Å². The molecule has 32 heavy (non-hydrogen) atoms. The number of hydrogen-bond acceptors (Lipinski definition) is 8. The van der Waals surface area contributed by atoms with Crippen LogP contribution in [0, 0.1) is 0 Å². The number of nitrogens with two attached hydrogens (primary N) is 1. The van der Waals surface area contributed by atoms with Crippen LogP contribution in [-0.2, 0) is 20.7 Å². The highest BCUT2D eigenvalue weighted by Gasteiger charge is 2.61. The number of sulfonamides is 1. The van der Waals surface area contributed by atoms with E-state index in [1.165, 1.54) is 12.1 Å². The largest absolute Gasteiger partial charge is 0.471 e. The fourth-order valence-corrected chi connectivity index (χ4v) is 3.24. The number of halogens is 5. The molecule has 1 aromatic heterocycles. The van der Waals surface area contributed by atoms with Crippen molar-refractivity contribution in [1.29, 1.82) is 0 Å². The van der Waals surface area contributed by atoms with Crippen LogP contribution in [0.25, 0.3) is 0 Å². The minimum absolute atomic E-state index is 0.0278. The quantitative estimate of drug-likeness (QED) is 0.530. The topological polar surface area (TPSA) is 137 Å². The first-order valence-corrected chi connectivity index (χ1v) is 10.5. The maximum atomic E-state index is 14.0. The molecule has 2 heterocycles. The van der Waals surface area contributed by atoms with Gasteiger partial charge in [-0.15, -0.1) is 0 Å². The molecule has 176 valence electrons. The van der Waals surface area contributed by atoms with E-state index >= 15 is 0 Å². The number of aliphatic hydroxyl groups excluding tert-OH is 1. The maximum Gasteiger partial charge on any atom is 0.458 e. The van der Waals surface area contributed by atoms with Gasteiger partial charge in [-0.1, -0.05) is 0 Å². The van der Waals surface area contributed by atoms with Crippen LogP contribution in [0.1, 0.15) is 12.0 Å². The van der Waals surface area contributed by atoms with E-state index in [4.69, 9.17) is 14.6 Å². The molecule has 1 saturated heterocycles. The standard InChI is InChI=1S/C17H17F5N4O5S/c18-16(19,17(20,21)22)11-7-24-15(25-9-1-3-10(4-2-9)32(23,28)29)26-14(11)31-13-5-6-30-8-12(13)27/h1-4,7,12-13,27H,5-6,8H2,(H2,23,28,29)(H,24,25,26). The molecule has 2 aromatic rings. The van der Waals surface area contributed by atoms with Gasteiger partial charge >= 0.3 is 12.1 Å². The molecule has 1 aliphatic rings. The molecule has 2 atom stereocenters. The average Bonchev–Trinajstić information content (AvgIpc) is 2.69. The molecule has 0 radical (unpaired) electrons. The summed E-state index contributed by atoms with van der Waals surface area (Å²) in [6.45, 7) is -0.0957. The van der Waals surface area contributed by atoms with Crippen molar-refractivity contribution < 1.29 is 45.0 Å². The Morgan fingerprint density at radius 2 is 1.84 bits per heavy atom. The van der Waals surface area contributed by atoms with Crippen LogP contribution in [-0.4, -0.2) is 55.1 Å². The normalized spacial score (nSPS) is 20.1. The Morgan fingerprint density at radius 3 is 2.41 bits per heavy atom. The number of aliphatic hydroxyl groups is 1. The summed E-state index contributed by atoms with van der Waals surface area (Å²) >= 11 is 0. The molecule has 0 bridgehead atoms. The van der Waals surface area contributed by atoms with Crippen LogP contribution in [0.5, 0.6) is 5.88 Å². The summed E-state index contributed by atoms with van der Waals surface area (Å²) in [6.07, 6.45) is -8.05. The first kappa shape index (κ1) is 24.0. The first-order chi connectivity index (χ1) is 14.8. The van der Waals surface area contributed by atoms with E-state index < -0.39 is 51.7 Å². The molecule has 3 rings (SSSR count). The zero-order chi connectivity index (χ0) is 23.7. The highest BCUT2D eigenvalue weighted by atomic mass is 32.2. The zero-order valence-electron chi connectivity index (χ0n) is 16.0. The molecule has 1 aliphatic heterocycles. The Kier molecular flexibility index (Phi) is 6.55. The number of rotatable bonds is 6. The van der Waals surface area contributed by atoms with Gasteiger partial charge < -0.3 is 19.9 Å². The molecule has 0 spiro atoms. The molecule has 1 fully saturated rings. The van der Waals surface area contributed by atoms with Crippen molar-refractivity contribution in [2.24, 2.45) is 5.14 Å². The third-order valence-corrected chi connectivity index (χ3v) is 5.34. The molecule has 1 aromatic carbocycles. The Balaban J connectivity index is 1.95. The van der Waals surface area contributed by atoms with E-state index in [2.05, 4.69) is 15.3 Å². The lowest BCUT2D eigenvalue weighted by molar-refractivity contribution is -0.290. The molecule has 0 aliphatic carbocycles. The van der Waals surface area contributed by atoms with E-state index in [-0.39, 0.29) is 36.4 Å². The van der Waals surface area contributed by atoms with E-state index in [0.29, 0.717) is 0 Å². The number of primary sulfonamides is 1. The fourth-order valence-electron chi connectivity index (χ4n) is 2.73. The van der Waals surface area contributed by atoms with Crippen molar-refractivity contribution >= 4 is 21.7 Å². The molecule has 4 N–H and O–H groups in total. The maximum absolute atomic E-state index is 14.0. The minimum Gasteiger partial charge on any atom is -0.471 e. The second-order valence-corrected chi connectivity index (χ2v) is 8.33. The molecule has 15 heteroatoms. The van der Waals surface area contributed by atoms with Gasteiger partial charge in [-0.3, -0.25) is 0 Å². The van der Waals surface area contributed by atoms with Crippen LogP contribution in [0.2, 0.25) is 0 Å². The van der Waals surface area contributed by atoms with Crippen LogP contribution >= 0.6 is 0 Å². The predicted octanol–water partition coefficient (Wildman–Crippen LogP) is 2.05. The Bertz CT molecular complexity index is 1070. The second-order valence-electron chi connectivity index (χ2n) is 6.77. The number of aromatic nitrogens is 2. The van der Waals surface area contributed by atoms with E-state index in [0.717, 1.165) is 12.1 Å². The number of benzene rings is 1. The lowest BCUT2D eigenvalue weighted by Gasteiger charge is -2.29. The van der Waals surface area contributed by atoms with Crippen molar-refractivity contribution in [3.8, 4) is 5.88 Å². The Morgan fingerprint density at radius 1 is 1.19 bits per heavy atom. The van der Waals surface area contributed by atoms with Crippen molar-refractivity contribution in [1.82, 2.24) is 9.97 Å². The SMILES string of the molecule is NS(=O)(=O)c1ccc(Nc2ncc(C(F)(F)C(F)(F)F)c(OC3CCOCC3O)n2)cc1. The number of alkyl halides is 5. The Labute approximate surface area is 178 Å². The van der Waals surface area contributed by atoms with Gasteiger partial charge in [0.1, 0.15) is 17.8 Å². The number of hydrogen-bond donors (Lipinski definition) is 3. The summed E-state index contributed by atoms with van der Waals surface area (Å²) in [5.41, 5.74) is -1.44. The van der Waals surface area contributed by atoms with Crippen molar-refractivity contribution in [2.45, 2.75) is 35.6 Å². The van der Waals surface area contributed by atoms with Gasteiger partial charge in [-0.05, 0) is 24.3 Å². The van der Waals surface area contributed by atoms with Gasteiger partial charge in [0.05, 0.1) is 18.1 Å². The summed E-state index contributed by atoms with van der Waals surface area (Å²) in [6, 6.07) is 4.79. The summed E-state index contributed by atoms with van der Waals surface area (Å²) in [4.78, 5) is 6.91. The smallest absolute Gasteiger partial charge is 0.458 e. The van der Waals surface area contributed by atoms with Crippen molar-refractivity contribution in [2.75, 3.05) is 18.5 Å². The van der Waals surface area contributed by atoms with Gasteiger partial charge in [0.25, 0.3) is 0 Å². The fraction of sp³-hybridized carbons (Fsp3) is 0.412. The van der Waals surface area contributed by atoms with Crippen molar-refractivity contribution in [3.63, 3.8) is 0 Å². The van der Waals surface area contributed by atoms with Crippen LogP contribution in [0.4, 0.5) is 33.6 Å². The third kappa shape index (κ3) is 5.23. The van der Waals surface area contributed by atoms with Crippen LogP contribution < -0.4 is 15.2 Å². The van der Waals surface area contributed by atoms with E-state index in [1.54, 1.807) is 0 Å². The molecule has 0 saturated carbocycles. The average molecular weight is 484 g/mol. The molecular formula is C17H17F5N4O5S. The number of nitrogens with zero attached hydrogens (tertiary/aromatic N) is 2.